The number of piperidine rings is 1. The smallest absolute Gasteiger partial charge is 0.254 e. The quantitative estimate of drug-likeness (QED) is 0.574. The lowest BCUT2D eigenvalue weighted by atomic mass is 9.71. The molecule has 2 aromatic rings. The number of likely N-dealkylation sites (tertiary alicyclic amines) is 1. The van der Waals surface area contributed by atoms with E-state index in [0.29, 0.717) is 23.9 Å². The number of halogens is 1. The highest BCUT2D eigenvalue weighted by molar-refractivity contribution is 5.96. The van der Waals surface area contributed by atoms with Gasteiger partial charge in [0.05, 0.1) is 5.60 Å². The number of hydrogen-bond donors (Lipinski definition) is 1. The van der Waals surface area contributed by atoms with Gasteiger partial charge in [-0.25, -0.2) is 14.4 Å². The Hall–Kier alpha value is -2.58. The largest absolute Gasteiger partial charge is 0.389 e. The Labute approximate surface area is 220 Å². The van der Waals surface area contributed by atoms with Gasteiger partial charge in [0.15, 0.2) is 0 Å². The number of hydrogen-bond acceptors (Lipinski definition) is 6. The molecule has 3 heterocycles. The summed E-state index contributed by atoms with van der Waals surface area (Å²) in [6.07, 6.45) is 6.02. The fourth-order valence-corrected chi connectivity index (χ4v) is 6.14. The van der Waals surface area contributed by atoms with E-state index in [2.05, 4.69) is 19.8 Å². The van der Waals surface area contributed by atoms with E-state index < -0.39 is 11.4 Å². The number of carbonyl (C=O) groups is 1. The minimum Gasteiger partial charge on any atom is -0.389 e. The van der Waals surface area contributed by atoms with Crippen LogP contribution in [0.25, 0.3) is 0 Å². The topological polar surface area (TPSA) is 72.8 Å². The highest BCUT2D eigenvalue weighted by atomic mass is 19.1. The maximum atomic E-state index is 14.3. The van der Waals surface area contributed by atoms with Crippen molar-refractivity contribution in [1.82, 2.24) is 19.8 Å². The normalized spacial score (nSPS) is 17.9. The molecule has 0 atom stereocenters. The first-order valence-corrected chi connectivity index (χ1v) is 13.5. The third-order valence-corrected chi connectivity index (χ3v) is 7.65. The Bertz CT molecular complexity index is 1090. The standard InChI is InChI=1S/C29H42FN5O2/c1-20(2)35(21(3)4)27(36)25-14-24(30)8-7-22(25)13-23-15-31-19-32-26(23)34-11-9-29(10-12-34)17-33(18-29)16-28(5,6)37/h7-8,14-15,19-21,37H,9-13,16-18H2,1-6H3. The zero-order valence-electron chi connectivity index (χ0n) is 23.2. The number of anilines is 1. The molecule has 1 aromatic heterocycles. The molecule has 0 bridgehead atoms. The molecule has 1 N–H and O–H groups in total. The van der Waals surface area contributed by atoms with Gasteiger partial charge in [-0.3, -0.25) is 9.69 Å². The van der Waals surface area contributed by atoms with Crippen molar-refractivity contribution in [2.75, 3.05) is 37.6 Å². The SMILES string of the molecule is CC(C)N(C(=O)c1cc(F)ccc1Cc1cncnc1N1CCC2(CC1)CN(CC(C)(C)O)C2)C(C)C. The van der Waals surface area contributed by atoms with Gasteiger partial charge in [0.25, 0.3) is 5.91 Å². The molecule has 1 amide bonds. The van der Waals surface area contributed by atoms with E-state index in [4.69, 9.17) is 0 Å². The third kappa shape index (κ3) is 6.29. The molecule has 2 aliphatic heterocycles. The molecule has 2 fully saturated rings. The Balaban J connectivity index is 1.50. The summed E-state index contributed by atoms with van der Waals surface area (Å²) >= 11 is 0. The second-order valence-electron chi connectivity index (χ2n) is 12.2. The molecule has 4 rings (SSSR count). The number of aromatic nitrogens is 2. The van der Waals surface area contributed by atoms with Gasteiger partial charge in [-0.2, -0.15) is 0 Å². The van der Waals surface area contributed by atoms with Crippen LogP contribution in [0.5, 0.6) is 0 Å². The minimum atomic E-state index is -0.667. The maximum Gasteiger partial charge on any atom is 0.254 e. The van der Waals surface area contributed by atoms with E-state index in [-0.39, 0.29) is 18.0 Å². The second-order valence-corrected chi connectivity index (χ2v) is 12.2. The highest BCUT2D eigenvalue weighted by Crippen LogP contribution is 2.42. The highest BCUT2D eigenvalue weighted by Gasteiger charge is 2.46. The molecule has 0 unspecified atom stereocenters. The Morgan fingerprint density at radius 1 is 1.14 bits per heavy atom. The third-order valence-electron chi connectivity index (χ3n) is 7.65. The van der Waals surface area contributed by atoms with Crippen molar-refractivity contribution >= 4 is 11.7 Å². The van der Waals surface area contributed by atoms with Gasteiger partial charge in [-0.15, -0.1) is 0 Å². The van der Waals surface area contributed by atoms with Crippen LogP contribution >= 0.6 is 0 Å². The van der Waals surface area contributed by atoms with Gasteiger partial charge in [0, 0.05) is 68.6 Å². The van der Waals surface area contributed by atoms with Crippen LogP contribution in [0, 0.1) is 11.2 Å². The Morgan fingerprint density at radius 3 is 2.38 bits per heavy atom. The molecule has 0 saturated carbocycles. The van der Waals surface area contributed by atoms with Crippen LogP contribution in [0.4, 0.5) is 10.2 Å². The lowest BCUT2D eigenvalue weighted by Gasteiger charge is -2.55. The molecule has 37 heavy (non-hydrogen) atoms. The van der Waals surface area contributed by atoms with Gasteiger partial charge in [-0.1, -0.05) is 6.07 Å². The first kappa shape index (κ1) is 27.5. The molecule has 1 spiro atoms. The number of rotatable bonds is 8. The van der Waals surface area contributed by atoms with Crippen LogP contribution in [-0.2, 0) is 6.42 Å². The first-order valence-electron chi connectivity index (χ1n) is 13.5. The van der Waals surface area contributed by atoms with Crippen molar-refractivity contribution in [2.24, 2.45) is 5.41 Å². The summed E-state index contributed by atoms with van der Waals surface area (Å²) in [7, 11) is 0. The predicted octanol–water partition coefficient (Wildman–Crippen LogP) is 4.14. The van der Waals surface area contributed by atoms with Crippen LogP contribution in [0.3, 0.4) is 0 Å². The van der Waals surface area contributed by atoms with Gasteiger partial charge < -0.3 is 14.9 Å². The number of benzene rings is 1. The van der Waals surface area contributed by atoms with Crippen molar-refractivity contribution in [3.8, 4) is 0 Å². The average molecular weight is 512 g/mol. The van der Waals surface area contributed by atoms with E-state index in [1.807, 2.05) is 47.7 Å². The summed E-state index contributed by atoms with van der Waals surface area (Å²) in [5, 5.41) is 10.1. The molecule has 0 radical (unpaired) electrons. The van der Waals surface area contributed by atoms with Gasteiger partial charge in [-0.05, 0) is 77.5 Å². The summed E-state index contributed by atoms with van der Waals surface area (Å²) in [5.41, 5.74) is 1.78. The van der Waals surface area contributed by atoms with Gasteiger partial charge in [0.1, 0.15) is 18.0 Å². The van der Waals surface area contributed by atoms with Crippen molar-refractivity contribution in [3.63, 3.8) is 0 Å². The zero-order chi connectivity index (χ0) is 27.0. The van der Waals surface area contributed by atoms with Crippen molar-refractivity contribution in [3.05, 3.63) is 53.2 Å². The van der Waals surface area contributed by atoms with Crippen LogP contribution in [0.2, 0.25) is 0 Å². The number of aliphatic hydroxyl groups is 1. The molecule has 7 nitrogen and oxygen atoms in total. The summed E-state index contributed by atoms with van der Waals surface area (Å²) in [4.78, 5) is 28.9. The number of nitrogens with zero attached hydrogens (tertiary/aromatic N) is 5. The van der Waals surface area contributed by atoms with E-state index >= 15 is 0 Å². The van der Waals surface area contributed by atoms with Crippen molar-refractivity contribution in [1.29, 1.82) is 0 Å². The molecule has 202 valence electrons. The summed E-state index contributed by atoms with van der Waals surface area (Å²) in [5.74, 6) is 0.327. The lowest BCUT2D eigenvalue weighted by molar-refractivity contribution is -0.0643. The monoisotopic (exact) mass is 511 g/mol. The van der Waals surface area contributed by atoms with Crippen molar-refractivity contribution in [2.45, 2.75) is 78.5 Å². The van der Waals surface area contributed by atoms with Crippen molar-refractivity contribution < 1.29 is 14.3 Å². The zero-order valence-corrected chi connectivity index (χ0v) is 23.2. The van der Waals surface area contributed by atoms with Gasteiger partial charge >= 0.3 is 0 Å². The fourth-order valence-electron chi connectivity index (χ4n) is 6.14. The number of amides is 1. The van der Waals surface area contributed by atoms with Crippen LogP contribution in [0.15, 0.2) is 30.7 Å². The summed E-state index contributed by atoms with van der Waals surface area (Å²) in [6.45, 7) is 16.2. The Morgan fingerprint density at radius 2 is 1.78 bits per heavy atom. The van der Waals surface area contributed by atoms with E-state index in [1.165, 1.54) is 12.1 Å². The summed E-state index contributed by atoms with van der Waals surface area (Å²) < 4.78 is 14.3. The predicted molar refractivity (Wildman–Crippen MR) is 144 cm³/mol. The molecule has 2 saturated heterocycles. The molecule has 1 aromatic carbocycles. The van der Waals surface area contributed by atoms with E-state index in [9.17, 15) is 14.3 Å². The second kappa shape index (κ2) is 10.7. The lowest BCUT2D eigenvalue weighted by Crippen LogP contribution is -2.62. The molecule has 8 heteroatoms. The number of carbonyl (C=O) groups excluding carboxylic acids is 1. The molecular formula is C29H42FN5O2. The average Bonchev–Trinajstić information content (AvgIpc) is 2.78. The Kier molecular flexibility index (Phi) is 7.91. The fraction of sp³-hybridized carbons (Fsp3) is 0.621. The number of β-amino-alcohol motifs (C(OH)–C–C–N with tert-alkyl or cyclic N) is 1. The van der Waals surface area contributed by atoms with Crippen LogP contribution < -0.4 is 4.90 Å². The molecule has 2 aliphatic rings. The van der Waals surface area contributed by atoms with Gasteiger partial charge in [0.2, 0.25) is 0 Å². The van der Waals surface area contributed by atoms with E-state index in [0.717, 1.165) is 56.0 Å². The van der Waals surface area contributed by atoms with E-state index in [1.54, 1.807) is 17.3 Å². The first-order chi connectivity index (χ1) is 17.4. The molecular weight excluding hydrogens is 469 g/mol. The molecule has 0 aliphatic carbocycles. The summed E-state index contributed by atoms with van der Waals surface area (Å²) in [6, 6.07) is 4.51. The van der Waals surface area contributed by atoms with Crippen LogP contribution in [0.1, 0.15) is 75.9 Å². The maximum absolute atomic E-state index is 14.3. The van der Waals surface area contributed by atoms with Crippen LogP contribution in [-0.4, -0.2) is 81.2 Å². The minimum absolute atomic E-state index is 0.00536.